The summed E-state index contributed by atoms with van der Waals surface area (Å²) >= 11 is 0. The Labute approximate surface area is 222 Å². The summed E-state index contributed by atoms with van der Waals surface area (Å²) in [6, 6.07) is 8.02. The molecule has 10 heteroatoms. The smallest absolute Gasteiger partial charge is 0.227 e. The zero-order valence-corrected chi connectivity index (χ0v) is 21.8. The maximum atomic E-state index is 10.0. The first kappa shape index (κ1) is 24.8. The summed E-state index contributed by atoms with van der Waals surface area (Å²) in [5.74, 6) is 1.31. The van der Waals surface area contributed by atoms with Crippen LogP contribution in [-0.4, -0.2) is 69.2 Å². The van der Waals surface area contributed by atoms with Crippen molar-refractivity contribution < 1.29 is 9.84 Å². The third kappa shape index (κ3) is 4.97. The first-order chi connectivity index (χ1) is 18.6. The number of aromatic nitrogens is 4. The first-order valence-corrected chi connectivity index (χ1v) is 13.4. The molecule has 10 nitrogen and oxygen atoms in total. The summed E-state index contributed by atoms with van der Waals surface area (Å²) in [5, 5.41) is 31.3. The number of nitriles is 1. The number of rotatable bonds is 9. The number of morpholine rings is 1. The van der Waals surface area contributed by atoms with Gasteiger partial charge in [-0.2, -0.15) is 10.4 Å². The number of nitrogens with zero attached hydrogens (tertiary/aromatic N) is 6. The van der Waals surface area contributed by atoms with E-state index in [1.165, 1.54) is 12.8 Å². The summed E-state index contributed by atoms with van der Waals surface area (Å²) in [6.07, 6.45) is 7.42. The number of benzene rings is 1. The van der Waals surface area contributed by atoms with E-state index < -0.39 is 5.41 Å². The normalized spacial score (nSPS) is 21.1. The summed E-state index contributed by atoms with van der Waals surface area (Å²) in [6.45, 7) is 7.59. The van der Waals surface area contributed by atoms with Gasteiger partial charge in [-0.3, -0.25) is 9.58 Å². The Hall–Kier alpha value is -3.52. The van der Waals surface area contributed by atoms with Crippen LogP contribution < -0.4 is 10.6 Å². The van der Waals surface area contributed by atoms with Crippen LogP contribution in [0.1, 0.15) is 43.0 Å². The highest BCUT2D eigenvalue weighted by molar-refractivity contribution is 5.76. The Kier molecular flexibility index (Phi) is 6.74. The standard InChI is InChI=1S/C28H34N8O2/c1-28(18-37)17-31-26-21(14-29)12-20(13-22(26)28)23-4-6-30-27(33-23)34-24-15-32-36(7-5-19-2-3-19)25(24)16-35-8-10-38-11-9-35/h4,6,12-13,15,19,31,37H,2-3,5,7-11,16-18H2,1H3,(H,30,33,34)/t28-/m1/s1. The molecule has 0 amide bonds. The number of hydrogen-bond donors (Lipinski definition) is 3. The number of nitrogens with one attached hydrogen (secondary N) is 2. The highest BCUT2D eigenvalue weighted by Crippen LogP contribution is 2.41. The molecule has 0 spiro atoms. The van der Waals surface area contributed by atoms with E-state index >= 15 is 0 Å². The number of ether oxygens (including phenoxy) is 1. The lowest BCUT2D eigenvalue weighted by molar-refractivity contribution is 0.0331. The molecule has 2 aromatic heterocycles. The van der Waals surface area contributed by atoms with Gasteiger partial charge in [0.15, 0.2) is 0 Å². The van der Waals surface area contributed by atoms with Crippen molar-refractivity contribution in [1.29, 1.82) is 5.26 Å². The summed E-state index contributed by atoms with van der Waals surface area (Å²) in [5.41, 5.74) is 5.41. The van der Waals surface area contributed by atoms with Gasteiger partial charge in [0.05, 0.1) is 54.3 Å². The van der Waals surface area contributed by atoms with Gasteiger partial charge in [-0.05, 0) is 36.1 Å². The monoisotopic (exact) mass is 514 g/mol. The number of aliphatic hydroxyl groups is 1. The van der Waals surface area contributed by atoms with Crippen molar-refractivity contribution in [2.24, 2.45) is 5.92 Å². The van der Waals surface area contributed by atoms with E-state index in [1.54, 1.807) is 6.20 Å². The molecular formula is C28H34N8O2. The number of aliphatic hydroxyl groups excluding tert-OH is 1. The third-order valence-electron chi connectivity index (χ3n) is 7.98. The van der Waals surface area contributed by atoms with Crippen molar-refractivity contribution in [3.05, 3.63) is 47.4 Å². The molecule has 0 radical (unpaired) electrons. The maximum Gasteiger partial charge on any atom is 0.227 e. The van der Waals surface area contributed by atoms with E-state index in [4.69, 9.17) is 14.8 Å². The first-order valence-electron chi connectivity index (χ1n) is 13.4. The molecule has 3 aromatic rings. The average Bonchev–Trinajstić information content (AvgIpc) is 3.63. The average molecular weight is 515 g/mol. The van der Waals surface area contributed by atoms with E-state index in [1.807, 2.05) is 31.3 Å². The molecule has 1 atom stereocenters. The molecule has 0 unspecified atom stereocenters. The van der Waals surface area contributed by atoms with Gasteiger partial charge in [0.25, 0.3) is 0 Å². The van der Waals surface area contributed by atoms with Crippen LogP contribution in [0, 0.1) is 17.2 Å². The number of hydrogen-bond acceptors (Lipinski definition) is 9. The van der Waals surface area contributed by atoms with E-state index in [-0.39, 0.29) is 6.61 Å². The minimum Gasteiger partial charge on any atom is -0.395 e. The van der Waals surface area contributed by atoms with Crippen LogP contribution in [0.3, 0.4) is 0 Å². The second kappa shape index (κ2) is 10.3. The number of aryl methyl sites for hydroxylation is 1. The maximum absolute atomic E-state index is 10.0. The Morgan fingerprint density at radius 1 is 1.29 bits per heavy atom. The lowest BCUT2D eigenvalue weighted by Gasteiger charge is -2.27. The minimum absolute atomic E-state index is 0.00540. The van der Waals surface area contributed by atoms with Crippen LogP contribution in [0.4, 0.5) is 17.3 Å². The minimum atomic E-state index is -0.450. The highest BCUT2D eigenvalue weighted by atomic mass is 16.5. The van der Waals surface area contributed by atoms with Crippen molar-refractivity contribution >= 4 is 17.3 Å². The van der Waals surface area contributed by atoms with Gasteiger partial charge in [0.2, 0.25) is 5.95 Å². The zero-order valence-electron chi connectivity index (χ0n) is 21.8. The molecule has 6 rings (SSSR count). The molecule has 2 fully saturated rings. The van der Waals surface area contributed by atoms with Crippen molar-refractivity contribution in [1.82, 2.24) is 24.6 Å². The zero-order chi connectivity index (χ0) is 26.1. The summed E-state index contributed by atoms with van der Waals surface area (Å²) in [4.78, 5) is 11.7. The fourth-order valence-corrected chi connectivity index (χ4v) is 5.32. The molecule has 0 bridgehead atoms. The molecule has 1 saturated heterocycles. The Morgan fingerprint density at radius 3 is 2.89 bits per heavy atom. The van der Waals surface area contributed by atoms with Gasteiger partial charge in [-0.25, -0.2) is 9.97 Å². The number of fused-ring (bicyclic) bond motifs is 1. The fourth-order valence-electron chi connectivity index (χ4n) is 5.32. The van der Waals surface area contributed by atoms with Crippen LogP contribution in [-0.2, 0) is 23.2 Å². The molecule has 1 aliphatic carbocycles. The SMILES string of the molecule is C[C@]1(CO)CNc2c(C#N)cc(-c3ccnc(Nc4cnn(CCC5CC5)c4CN4CCOCC4)n3)cc21. The van der Waals surface area contributed by atoms with E-state index in [2.05, 4.69) is 31.3 Å². The van der Waals surface area contributed by atoms with E-state index in [9.17, 15) is 10.4 Å². The summed E-state index contributed by atoms with van der Waals surface area (Å²) < 4.78 is 7.67. The molecule has 198 valence electrons. The molecule has 3 N–H and O–H groups in total. The second-order valence-corrected chi connectivity index (χ2v) is 10.9. The van der Waals surface area contributed by atoms with Crippen LogP contribution in [0.5, 0.6) is 0 Å². The van der Waals surface area contributed by atoms with Gasteiger partial charge in [-0.15, -0.1) is 0 Å². The molecule has 3 aliphatic rings. The van der Waals surface area contributed by atoms with Crippen LogP contribution >= 0.6 is 0 Å². The van der Waals surface area contributed by atoms with Crippen LogP contribution in [0.2, 0.25) is 0 Å². The molecule has 1 saturated carbocycles. The van der Waals surface area contributed by atoms with Gasteiger partial charge >= 0.3 is 0 Å². The lowest BCUT2D eigenvalue weighted by atomic mass is 9.83. The van der Waals surface area contributed by atoms with E-state index in [0.29, 0.717) is 23.8 Å². The quantitative estimate of drug-likeness (QED) is 0.395. The lowest BCUT2D eigenvalue weighted by Crippen LogP contribution is -2.36. The van der Waals surface area contributed by atoms with Crippen LogP contribution in [0.15, 0.2) is 30.6 Å². The predicted octanol–water partition coefficient (Wildman–Crippen LogP) is 3.26. The summed E-state index contributed by atoms with van der Waals surface area (Å²) in [7, 11) is 0. The highest BCUT2D eigenvalue weighted by Gasteiger charge is 2.36. The molecule has 4 heterocycles. The predicted molar refractivity (Wildman–Crippen MR) is 144 cm³/mol. The van der Waals surface area contributed by atoms with Crippen molar-refractivity contribution in [2.75, 3.05) is 50.1 Å². The van der Waals surface area contributed by atoms with Crippen LogP contribution in [0.25, 0.3) is 11.3 Å². The molecular weight excluding hydrogens is 480 g/mol. The van der Waals surface area contributed by atoms with E-state index in [0.717, 1.165) is 79.9 Å². The van der Waals surface area contributed by atoms with Gasteiger partial charge in [0, 0.05) is 49.9 Å². The van der Waals surface area contributed by atoms with Crippen molar-refractivity contribution in [2.45, 2.75) is 44.7 Å². The fraction of sp³-hybridized carbons (Fsp3) is 0.500. The second-order valence-electron chi connectivity index (χ2n) is 10.9. The van der Waals surface area contributed by atoms with Crippen molar-refractivity contribution in [3.8, 4) is 17.3 Å². The topological polar surface area (TPSA) is 124 Å². The Balaban J connectivity index is 1.29. The Bertz CT molecular complexity index is 1360. The molecule has 1 aromatic carbocycles. The van der Waals surface area contributed by atoms with Gasteiger partial charge in [0.1, 0.15) is 6.07 Å². The van der Waals surface area contributed by atoms with Crippen molar-refractivity contribution in [3.63, 3.8) is 0 Å². The molecule has 2 aliphatic heterocycles. The third-order valence-corrected chi connectivity index (χ3v) is 7.98. The van der Waals surface area contributed by atoms with Gasteiger partial charge in [-0.1, -0.05) is 19.8 Å². The Morgan fingerprint density at radius 2 is 2.13 bits per heavy atom. The number of anilines is 3. The largest absolute Gasteiger partial charge is 0.395 e. The van der Waals surface area contributed by atoms with Gasteiger partial charge < -0.3 is 20.5 Å². The molecule has 38 heavy (non-hydrogen) atoms.